The first kappa shape index (κ1) is 14.9. The van der Waals surface area contributed by atoms with Gasteiger partial charge in [-0.15, -0.1) is 0 Å². The molecule has 0 aromatic heterocycles. The molecule has 1 rings (SSSR count). The summed E-state index contributed by atoms with van der Waals surface area (Å²) >= 11 is 0. The first-order chi connectivity index (χ1) is 8.50. The summed E-state index contributed by atoms with van der Waals surface area (Å²) in [7, 11) is 1.54. The van der Waals surface area contributed by atoms with Gasteiger partial charge in [-0.1, -0.05) is 0 Å². The molecule has 0 spiro atoms. The number of hydrogen-bond acceptors (Lipinski definition) is 6. The SMILES string of the molecule is COCC1(C(=O)OC(C)OC(C)=O)CCOCC1. The Morgan fingerprint density at radius 1 is 1.28 bits per heavy atom. The number of carbonyl (C=O) groups excluding carboxylic acids is 2. The van der Waals surface area contributed by atoms with Crippen molar-refractivity contribution in [1.29, 1.82) is 0 Å². The lowest BCUT2D eigenvalue weighted by molar-refractivity contribution is -0.197. The van der Waals surface area contributed by atoms with Crippen LogP contribution >= 0.6 is 0 Å². The minimum absolute atomic E-state index is 0.280. The summed E-state index contributed by atoms with van der Waals surface area (Å²) in [6.45, 7) is 4.06. The van der Waals surface area contributed by atoms with E-state index in [1.807, 2.05) is 0 Å². The van der Waals surface area contributed by atoms with Crippen molar-refractivity contribution in [3.8, 4) is 0 Å². The van der Waals surface area contributed by atoms with Crippen molar-refractivity contribution < 1.29 is 28.5 Å². The normalized spacial score (nSPS) is 19.9. The highest BCUT2D eigenvalue weighted by Crippen LogP contribution is 2.32. The molecule has 0 aromatic rings. The maximum atomic E-state index is 12.2. The zero-order chi connectivity index (χ0) is 13.6. The van der Waals surface area contributed by atoms with E-state index in [0.29, 0.717) is 26.1 Å². The van der Waals surface area contributed by atoms with Gasteiger partial charge >= 0.3 is 11.9 Å². The van der Waals surface area contributed by atoms with Crippen molar-refractivity contribution >= 4 is 11.9 Å². The molecule has 6 nitrogen and oxygen atoms in total. The molecular formula is C12H20O6. The molecule has 0 saturated carbocycles. The van der Waals surface area contributed by atoms with Gasteiger partial charge in [0.05, 0.1) is 12.0 Å². The molecule has 0 radical (unpaired) electrons. The van der Waals surface area contributed by atoms with Crippen molar-refractivity contribution in [1.82, 2.24) is 0 Å². The fourth-order valence-electron chi connectivity index (χ4n) is 1.98. The quantitative estimate of drug-likeness (QED) is 0.540. The molecule has 1 heterocycles. The second-order valence-corrected chi connectivity index (χ2v) is 4.41. The zero-order valence-corrected chi connectivity index (χ0v) is 11.1. The molecule has 0 N–H and O–H groups in total. The lowest BCUT2D eigenvalue weighted by Crippen LogP contribution is -2.43. The predicted molar refractivity (Wildman–Crippen MR) is 61.7 cm³/mol. The summed E-state index contributed by atoms with van der Waals surface area (Å²) in [6.07, 6.45) is 0.213. The van der Waals surface area contributed by atoms with E-state index in [-0.39, 0.29) is 6.61 Å². The van der Waals surface area contributed by atoms with Gasteiger partial charge in [0.25, 0.3) is 0 Å². The van der Waals surface area contributed by atoms with E-state index in [2.05, 4.69) is 0 Å². The van der Waals surface area contributed by atoms with E-state index in [9.17, 15) is 9.59 Å². The van der Waals surface area contributed by atoms with Crippen LogP contribution in [0.4, 0.5) is 0 Å². The first-order valence-electron chi connectivity index (χ1n) is 5.95. The standard InChI is InChI=1S/C12H20O6/c1-9(13)17-10(2)18-11(14)12(8-15-3)4-6-16-7-5-12/h10H,4-8H2,1-3H3. The number of carbonyl (C=O) groups is 2. The summed E-state index contributed by atoms with van der Waals surface area (Å²) in [5, 5.41) is 0. The van der Waals surface area contributed by atoms with E-state index in [1.165, 1.54) is 13.8 Å². The number of ether oxygens (including phenoxy) is 4. The molecule has 1 fully saturated rings. The zero-order valence-electron chi connectivity index (χ0n) is 11.1. The highest BCUT2D eigenvalue weighted by molar-refractivity contribution is 5.77. The largest absolute Gasteiger partial charge is 0.426 e. The molecule has 0 aliphatic carbocycles. The van der Waals surface area contributed by atoms with E-state index in [1.54, 1.807) is 7.11 Å². The lowest BCUT2D eigenvalue weighted by Gasteiger charge is -2.34. The monoisotopic (exact) mass is 260 g/mol. The van der Waals surface area contributed by atoms with Gasteiger partial charge < -0.3 is 18.9 Å². The highest BCUT2D eigenvalue weighted by Gasteiger charge is 2.42. The van der Waals surface area contributed by atoms with Gasteiger partial charge in [0.15, 0.2) is 0 Å². The molecular weight excluding hydrogens is 240 g/mol. The summed E-state index contributed by atoms with van der Waals surface area (Å²) < 4.78 is 20.3. The molecule has 104 valence electrons. The Labute approximate surface area is 107 Å². The topological polar surface area (TPSA) is 71.1 Å². The van der Waals surface area contributed by atoms with Gasteiger partial charge in [0.1, 0.15) is 0 Å². The van der Waals surface area contributed by atoms with Crippen LogP contribution in [0.5, 0.6) is 0 Å². The Hall–Kier alpha value is -1.14. The van der Waals surface area contributed by atoms with Gasteiger partial charge in [0.2, 0.25) is 6.29 Å². The van der Waals surface area contributed by atoms with E-state index >= 15 is 0 Å². The Morgan fingerprint density at radius 2 is 1.89 bits per heavy atom. The lowest BCUT2D eigenvalue weighted by atomic mass is 9.81. The fraction of sp³-hybridized carbons (Fsp3) is 0.833. The molecule has 0 aromatic carbocycles. The number of methoxy groups -OCH3 is 1. The van der Waals surface area contributed by atoms with E-state index in [4.69, 9.17) is 18.9 Å². The van der Waals surface area contributed by atoms with Crippen LogP contribution in [0.3, 0.4) is 0 Å². The molecule has 0 amide bonds. The van der Waals surface area contributed by atoms with Crippen LogP contribution in [0, 0.1) is 5.41 Å². The van der Waals surface area contributed by atoms with Gasteiger partial charge in [-0.25, -0.2) is 0 Å². The summed E-state index contributed by atoms with van der Waals surface area (Å²) in [5.41, 5.74) is -0.693. The molecule has 6 heteroatoms. The number of rotatable bonds is 5. The van der Waals surface area contributed by atoms with Gasteiger partial charge in [-0.3, -0.25) is 9.59 Å². The van der Waals surface area contributed by atoms with Crippen molar-refractivity contribution in [2.24, 2.45) is 5.41 Å². The van der Waals surface area contributed by atoms with Crippen molar-refractivity contribution in [2.45, 2.75) is 33.0 Å². The van der Waals surface area contributed by atoms with Crippen LogP contribution in [-0.4, -0.2) is 45.2 Å². The third kappa shape index (κ3) is 3.96. The smallest absolute Gasteiger partial charge is 0.317 e. The number of hydrogen-bond donors (Lipinski definition) is 0. The summed E-state index contributed by atoms with van der Waals surface area (Å²) in [6, 6.07) is 0. The third-order valence-corrected chi connectivity index (χ3v) is 2.91. The van der Waals surface area contributed by atoms with E-state index in [0.717, 1.165) is 0 Å². The molecule has 1 unspecified atom stereocenters. The third-order valence-electron chi connectivity index (χ3n) is 2.91. The second-order valence-electron chi connectivity index (χ2n) is 4.41. The Bertz CT molecular complexity index is 289. The van der Waals surface area contributed by atoms with Crippen LogP contribution < -0.4 is 0 Å². The Balaban J connectivity index is 2.61. The van der Waals surface area contributed by atoms with Crippen LogP contribution in [-0.2, 0) is 28.5 Å². The summed E-state index contributed by atoms with van der Waals surface area (Å²) in [5.74, 6) is -0.885. The predicted octanol–water partition coefficient (Wildman–Crippen LogP) is 0.882. The Morgan fingerprint density at radius 3 is 2.39 bits per heavy atom. The maximum Gasteiger partial charge on any atom is 0.317 e. The van der Waals surface area contributed by atoms with Crippen LogP contribution in [0.1, 0.15) is 26.7 Å². The van der Waals surface area contributed by atoms with Crippen LogP contribution in [0.15, 0.2) is 0 Å². The molecule has 1 aliphatic rings. The molecule has 0 bridgehead atoms. The van der Waals surface area contributed by atoms with Gasteiger partial charge in [-0.05, 0) is 12.8 Å². The van der Waals surface area contributed by atoms with Crippen molar-refractivity contribution in [3.05, 3.63) is 0 Å². The molecule has 18 heavy (non-hydrogen) atoms. The van der Waals surface area contributed by atoms with Gasteiger partial charge in [-0.2, -0.15) is 0 Å². The van der Waals surface area contributed by atoms with Gasteiger partial charge in [0, 0.05) is 34.2 Å². The molecule has 1 saturated heterocycles. The average Bonchev–Trinajstić information content (AvgIpc) is 2.29. The second kappa shape index (κ2) is 6.70. The van der Waals surface area contributed by atoms with Crippen molar-refractivity contribution in [2.75, 3.05) is 26.9 Å². The minimum Gasteiger partial charge on any atom is -0.426 e. The van der Waals surface area contributed by atoms with Crippen LogP contribution in [0.25, 0.3) is 0 Å². The Kier molecular flexibility index (Phi) is 5.55. The number of esters is 2. The first-order valence-corrected chi connectivity index (χ1v) is 5.95. The van der Waals surface area contributed by atoms with Crippen molar-refractivity contribution in [3.63, 3.8) is 0 Å². The minimum atomic E-state index is -0.883. The maximum absolute atomic E-state index is 12.2. The van der Waals surface area contributed by atoms with Crippen LogP contribution in [0.2, 0.25) is 0 Å². The highest BCUT2D eigenvalue weighted by atomic mass is 16.7. The molecule has 1 atom stereocenters. The average molecular weight is 260 g/mol. The summed E-state index contributed by atoms with van der Waals surface area (Å²) in [4.78, 5) is 22.9. The van der Waals surface area contributed by atoms with E-state index < -0.39 is 23.6 Å². The fourth-order valence-corrected chi connectivity index (χ4v) is 1.98. The molecule has 1 aliphatic heterocycles.